The third-order valence-corrected chi connectivity index (χ3v) is 2.93. The van der Waals surface area contributed by atoms with Crippen molar-refractivity contribution in [2.75, 3.05) is 6.54 Å². The molecule has 0 aliphatic rings. The molecule has 0 bridgehead atoms. The number of hydrogen-bond acceptors (Lipinski definition) is 4. The zero-order chi connectivity index (χ0) is 14.6. The van der Waals surface area contributed by atoms with E-state index in [1.165, 1.54) is 0 Å². The molecule has 2 amide bonds. The molecule has 1 aromatic rings. The second-order valence-electron chi connectivity index (χ2n) is 3.52. The first-order chi connectivity index (χ1) is 8.82. The van der Waals surface area contributed by atoms with E-state index in [1.54, 1.807) is 0 Å². The molecule has 0 atom stereocenters. The van der Waals surface area contributed by atoms with E-state index in [0.29, 0.717) is 0 Å². The molecular formula is C10H9Cl2N3O4. The van der Waals surface area contributed by atoms with Crippen LogP contribution in [0.5, 0.6) is 0 Å². The number of amides is 2. The number of hydrogen-bond donors (Lipinski definition) is 2. The van der Waals surface area contributed by atoms with Crippen molar-refractivity contribution in [1.29, 1.82) is 0 Å². The van der Waals surface area contributed by atoms with E-state index in [9.17, 15) is 19.7 Å². The summed E-state index contributed by atoms with van der Waals surface area (Å²) in [5, 5.41) is 12.8. The average molecular weight is 306 g/mol. The van der Waals surface area contributed by atoms with Crippen LogP contribution < -0.4 is 11.1 Å². The van der Waals surface area contributed by atoms with Gasteiger partial charge in [-0.3, -0.25) is 19.7 Å². The first-order valence-corrected chi connectivity index (χ1v) is 5.78. The Bertz CT molecular complexity index is 548. The summed E-state index contributed by atoms with van der Waals surface area (Å²) in [7, 11) is 0. The highest BCUT2D eigenvalue weighted by atomic mass is 35.5. The van der Waals surface area contributed by atoms with E-state index in [4.69, 9.17) is 28.9 Å². The summed E-state index contributed by atoms with van der Waals surface area (Å²) in [6.45, 7) is 0.00477. The lowest BCUT2D eigenvalue weighted by atomic mass is 10.2. The van der Waals surface area contributed by atoms with Gasteiger partial charge in [-0.15, -0.1) is 0 Å². The second-order valence-corrected chi connectivity index (χ2v) is 4.30. The lowest BCUT2D eigenvalue weighted by Gasteiger charge is -2.07. The average Bonchev–Trinajstić information content (AvgIpc) is 2.31. The molecule has 0 aliphatic carbocycles. The van der Waals surface area contributed by atoms with Gasteiger partial charge >= 0.3 is 0 Å². The molecule has 1 rings (SSSR count). The summed E-state index contributed by atoms with van der Waals surface area (Å²) < 4.78 is 0. The number of rotatable bonds is 5. The molecule has 0 fully saturated rings. The van der Waals surface area contributed by atoms with Crippen LogP contribution in [0.3, 0.4) is 0 Å². The second kappa shape index (κ2) is 6.35. The van der Waals surface area contributed by atoms with Crippen molar-refractivity contribution >= 4 is 40.7 Å². The number of halogens is 2. The van der Waals surface area contributed by atoms with Gasteiger partial charge in [-0.1, -0.05) is 23.2 Å². The van der Waals surface area contributed by atoms with Crippen LogP contribution in [0.1, 0.15) is 16.8 Å². The summed E-state index contributed by atoms with van der Waals surface area (Å²) >= 11 is 11.5. The molecular weight excluding hydrogens is 297 g/mol. The number of nitro benzene ring substituents is 1. The Morgan fingerprint density at radius 3 is 2.53 bits per heavy atom. The Labute approximate surface area is 117 Å². The largest absolute Gasteiger partial charge is 0.370 e. The zero-order valence-corrected chi connectivity index (χ0v) is 11.0. The molecule has 0 saturated heterocycles. The summed E-state index contributed by atoms with van der Waals surface area (Å²) in [5.74, 6) is -1.25. The lowest BCUT2D eigenvalue weighted by Crippen LogP contribution is -2.28. The van der Waals surface area contributed by atoms with E-state index in [1.807, 2.05) is 0 Å². The van der Waals surface area contributed by atoms with E-state index in [0.717, 1.165) is 12.1 Å². The first kappa shape index (κ1) is 15.2. The van der Waals surface area contributed by atoms with Gasteiger partial charge in [0.25, 0.3) is 11.6 Å². The minimum absolute atomic E-state index is 0.00477. The van der Waals surface area contributed by atoms with Gasteiger partial charge < -0.3 is 11.1 Å². The Kier molecular flexibility index (Phi) is 5.08. The van der Waals surface area contributed by atoms with Crippen LogP contribution in [0.2, 0.25) is 10.0 Å². The van der Waals surface area contributed by atoms with E-state index in [2.05, 4.69) is 5.32 Å². The fourth-order valence-corrected chi connectivity index (χ4v) is 1.65. The molecule has 0 aliphatic heterocycles. The predicted molar refractivity (Wildman–Crippen MR) is 69.3 cm³/mol. The van der Waals surface area contributed by atoms with E-state index >= 15 is 0 Å². The fraction of sp³-hybridized carbons (Fsp3) is 0.200. The normalized spacial score (nSPS) is 10.0. The van der Waals surface area contributed by atoms with Gasteiger partial charge in [0.15, 0.2) is 0 Å². The molecule has 19 heavy (non-hydrogen) atoms. The fourth-order valence-electron chi connectivity index (χ4n) is 1.24. The summed E-state index contributed by atoms with van der Waals surface area (Å²) in [4.78, 5) is 32.2. The quantitative estimate of drug-likeness (QED) is 0.633. The van der Waals surface area contributed by atoms with Crippen molar-refractivity contribution < 1.29 is 14.5 Å². The highest BCUT2D eigenvalue weighted by molar-refractivity contribution is 6.44. The third kappa shape index (κ3) is 4.08. The topological polar surface area (TPSA) is 115 Å². The minimum atomic E-state index is -0.692. The minimum Gasteiger partial charge on any atom is -0.370 e. The number of non-ortho nitro benzene ring substituents is 1. The van der Waals surface area contributed by atoms with Crippen molar-refractivity contribution in [3.05, 3.63) is 37.9 Å². The monoisotopic (exact) mass is 305 g/mol. The highest BCUT2D eigenvalue weighted by Crippen LogP contribution is 2.30. The number of primary amides is 1. The van der Waals surface area contributed by atoms with Gasteiger partial charge in [-0.2, -0.15) is 0 Å². The van der Waals surface area contributed by atoms with Crippen LogP contribution in [0.4, 0.5) is 5.69 Å². The smallest absolute Gasteiger partial charge is 0.271 e. The van der Waals surface area contributed by atoms with Gasteiger partial charge in [0.1, 0.15) is 0 Å². The maximum Gasteiger partial charge on any atom is 0.271 e. The Balaban J connectivity index is 2.95. The summed E-state index contributed by atoms with van der Waals surface area (Å²) in [6.07, 6.45) is -0.0496. The zero-order valence-electron chi connectivity index (χ0n) is 9.48. The molecule has 0 saturated carbocycles. The van der Waals surface area contributed by atoms with Crippen molar-refractivity contribution in [2.45, 2.75) is 6.42 Å². The van der Waals surface area contributed by atoms with Gasteiger partial charge in [-0.25, -0.2) is 0 Å². The van der Waals surface area contributed by atoms with Crippen LogP contribution in [-0.2, 0) is 4.79 Å². The number of nitrogens with zero attached hydrogens (tertiary/aromatic N) is 1. The molecule has 3 N–H and O–H groups in total. The number of nitrogens with one attached hydrogen (secondary N) is 1. The number of nitrogens with two attached hydrogens (primary N) is 1. The summed E-state index contributed by atoms with van der Waals surface area (Å²) in [5.41, 5.74) is 4.42. The SMILES string of the molecule is NC(=O)CCNC(=O)c1cc([N+](=O)[O-])cc(Cl)c1Cl. The van der Waals surface area contributed by atoms with Crippen molar-refractivity contribution in [3.8, 4) is 0 Å². The first-order valence-electron chi connectivity index (χ1n) is 5.03. The van der Waals surface area contributed by atoms with Crippen molar-refractivity contribution in [1.82, 2.24) is 5.32 Å². The molecule has 0 unspecified atom stereocenters. The maximum absolute atomic E-state index is 11.7. The molecule has 0 aromatic heterocycles. The van der Waals surface area contributed by atoms with Crippen LogP contribution >= 0.6 is 23.2 Å². The number of carbonyl (C=O) groups excluding carboxylic acids is 2. The van der Waals surface area contributed by atoms with Crippen LogP contribution in [0, 0.1) is 10.1 Å². The molecule has 7 nitrogen and oxygen atoms in total. The molecule has 1 aromatic carbocycles. The highest BCUT2D eigenvalue weighted by Gasteiger charge is 2.19. The van der Waals surface area contributed by atoms with Gasteiger partial charge in [0, 0.05) is 25.1 Å². The Morgan fingerprint density at radius 2 is 2.00 bits per heavy atom. The lowest BCUT2D eigenvalue weighted by molar-refractivity contribution is -0.384. The van der Waals surface area contributed by atoms with Gasteiger partial charge in [0.05, 0.1) is 20.5 Å². The third-order valence-electron chi connectivity index (χ3n) is 2.13. The van der Waals surface area contributed by atoms with Crippen LogP contribution in [0.25, 0.3) is 0 Å². The van der Waals surface area contributed by atoms with Crippen molar-refractivity contribution in [3.63, 3.8) is 0 Å². The number of benzene rings is 1. The summed E-state index contributed by atoms with van der Waals surface area (Å²) in [6, 6.07) is 2.05. The molecule has 0 heterocycles. The van der Waals surface area contributed by atoms with Crippen LogP contribution in [-0.4, -0.2) is 23.3 Å². The van der Waals surface area contributed by atoms with Gasteiger partial charge in [-0.05, 0) is 0 Å². The molecule has 9 heteroatoms. The van der Waals surface area contributed by atoms with Gasteiger partial charge in [0.2, 0.25) is 5.91 Å². The van der Waals surface area contributed by atoms with Crippen molar-refractivity contribution in [2.24, 2.45) is 5.73 Å². The molecule has 102 valence electrons. The number of carbonyl (C=O) groups is 2. The maximum atomic E-state index is 11.7. The van der Waals surface area contributed by atoms with Crippen LogP contribution in [0.15, 0.2) is 12.1 Å². The predicted octanol–water partition coefficient (Wildman–Crippen LogP) is 1.51. The Morgan fingerprint density at radius 1 is 1.37 bits per heavy atom. The molecule has 0 radical (unpaired) electrons. The van der Waals surface area contributed by atoms with E-state index in [-0.39, 0.29) is 34.3 Å². The van der Waals surface area contributed by atoms with E-state index < -0.39 is 16.7 Å². The number of nitro groups is 1. The molecule has 0 spiro atoms. The standard InChI is InChI=1S/C10H9Cl2N3O4/c11-7-4-5(15(18)19)3-6(9(7)12)10(17)14-2-1-8(13)16/h3-4H,1-2H2,(H2,13,16)(H,14,17). The Hall–Kier alpha value is -1.86.